The number of aliphatic hydroxyl groups is 1. The van der Waals surface area contributed by atoms with Crippen molar-refractivity contribution in [3.63, 3.8) is 0 Å². The molecule has 0 aromatic carbocycles. The zero-order valence-electron chi connectivity index (χ0n) is 16.0. The molecule has 0 aromatic rings. The van der Waals surface area contributed by atoms with Crippen LogP contribution < -0.4 is 0 Å². The van der Waals surface area contributed by atoms with Gasteiger partial charge >= 0.3 is 0 Å². The summed E-state index contributed by atoms with van der Waals surface area (Å²) < 4.78 is 5.36. The molecule has 2 unspecified atom stereocenters. The minimum absolute atomic E-state index is 0.0441. The van der Waals surface area contributed by atoms with E-state index in [4.69, 9.17) is 27.9 Å². The monoisotopic (exact) mass is 398 g/mol. The summed E-state index contributed by atoms with van der Waals surface area (Å²) in [6, 6.07) is 0. The second-order valence-electron chi connectivity index (χ2n) is 10.3. The number of halogens is 2. The lowest BCUT2D eigenvalue weighted by molar-refractivity contribution is -0.0980. The van der Waals surface area contributed by atoms with Crippen molar-refractivity contribution in [2.24, 2.45) is 28.6 Å². The van der Waals surface area contributed by atoms with Gasteiger partial charge in [-0.3, -0.25) is 0 Å². The first-order valence-electron chi connectivity index (χ1n) is 10.7. The first-order chi connectivity index (χ1) is 12.3. The molecule has 0 amide bonds. The molecule has 0 saturated heterocycles. The summed E-state index contributed by atoms with van der Waals surface area (Å²) >= 11 is 13.3. The van der Waals surface area contributed by atoms with Gasteiger partial charge in [-0.25, -0.2) is 0 Å². The zero-order valence-corrected chi connectivity index (χ0v) is 17.5. The molecule has 0 bridgehead atoms. The van der Waals surface area contributed by atoms with E-state index in [1.54, 1.807) is 0 Å². The van der Waals surface area contributed by atoms with Gasteiger partial charge in [0.05, 0.1) is 18.3 Å². The van der Waals surface area contributed by atoms with Gasteiger partial charge in [-0.2, -0.15) is 0 Å². The first-order valence-corrected chi connectivity index (χ1v) is 11.4. The highest BCUT2D eigenvalue weighted by molar-refractivity contribution is 6.51. The SMILES string of the molecule is C[C@]12CCC(O)C(Cl)(Cl)C1=CC[C@@H]1[C@H]2CC[C@]2(C)C(OC3CC3)CC[C@@H]12. The molecule has 26 heavy (non-hydrogen) atoms. The van der Waals surface area contributed by atoms with E-state index in [1.807, 2.05) is 0 Å². The lowest BCUT2D eigenvalue weighted by Gasteiger charge is -2.59. The van der Waals surface area contributed by atoms with Gasteiger partial charge < -0.3 is 9.84 Å². The third kappa shape index (κ3) is 2.44. The predicted molar refractivity (Wildman–Crippen MR) is 105 cm³/mol. The molecule has 0 radical (unpaired) electrons. The Kier molecular flexibility index (Phi) is 4.13. The van der Waals surface area contributed by atoms with Crippen LogP contribution in [0, 0.1) is 28.6 Å². The maximum atomic E-state index is 10.4. The number of ether oxygens (including phenoxy) is 1. The molecule has 0 aliphatic heterocycles. The van der Waals surface area contributed by atoms with E-state index >= 15 is 0 Å². The second kappa shape index (κ2) is 5.88. The van der Waals surface area contributed by atoms with E-state index in [2.05, 4.69) is 19.9 Å². The van der Waals surface area contributed by atoms with Crippen LogP contribution in [0.2, 0.25) is 0 Å². The van der Waals surface area contributed by atoms with Gasteiger partial charge in [0, 0.05) is 0 Å². The summed E-state index contributed by atoms with van der Waals surface area (Å²) in [5, 5.41) is 10.4. The Morgan fingerprint density at radius 1 is 1.00 bits per heavy atom. The summed E-state index contributed by atoms with van der Waals surface area (Å²) in [5.41, 5.74) is 1.50. The van der Waals surface area contributed by atoms with Crippen molar-refractivity contribution in [1.82, 2.24) is 0 Å². The van der Waals surface area contributed by atoms with Gasteiger partial charge in [0.1, 0.15) is 0 Å². The van der Waals surface area contributed by atoms with E-state index in [0.29, 0.717) is 30.0 Å². The highest BCUT2D eigenvalue weighted by Crippen LogP contribution is 2.67. The lowest BCUT2D eigenvalue weighted by atomic mass is 9.48. The Morgan fingerprint density at radius 2 is 1.77 bits per heavy atom. The molecule has 4 fully saturated rings. The van der Waals surface area contributed by atoms with Gasteiger partial charge in [0.2, 0.25) is 0 Å². The van der Waals surface area contributed by atoms with E-state index in [1.165, 1.54) is 38.5 Å². The standard InChI is InChI=1S/C22H32Cl2O2/c1-20-12-10-18(25)22(23,24)17(20)7-5-14-15-6-8-19(26-13-3-4-13)21(15,2)11-9-16(14)20/h7,13-16,18-19,25H,3-6,8-12H2,1-2H3/t14-,15-,16+,18?,19?,20+,21-/m0/s1. The summed E-state index contributed by atoms with van der Waals surface area (Å²) in [7, 11) is 0. The Balaban J connectivity index is 1.46. The summed E-state index contributed by atoms with van der Waals surface area (Å²) in [6.07, 6.45) is 13.1. The van der Waals surface area contributed by atoms with Crippen molar-refractivity contribution in [2.75, 3.05) is 0 Å². The molecule has 5 rings (SSSR count). The van der Waals surface area contributed by atoms with Crippen LogP contribution in [-0.2, 0) is 4.74 Å². The van der Waals surface area contributed by atoms with Crippen LogP contribution in [0.15, 0.2) is 11.6 Å². The Labute approximate surface area is 167 Å². The predicted octanol–water partition coefficient (Wildman–Crippen LogP) is 5.64. The van der Waals surface area contributed by atoms with Crippen molar-refractivity contribution in [3.8, 4) is 0 Å². The largest absolute Gasteiger partial charge is 0.390 e. The fraction of sp³-hybridized carbons (Fsp3) is 0.909. The highest BCUT2D eigenvalue weighted by atomic mass is 35.5. The summed E-state index contributed by atoms with van der Waals surface area (Å²) in [4.78, 5) is 0. The van der Waals surface area contributed by atoms with Crippen LogP contribution in [0.3, 0.4) is 0 Å². The lowest BCUT2D eigenvalue weighted by Crippen LogP contribution is -2.55. The number of hydrogen-bond acceptors (Lipinski definition) is 2. The zero-order chi connectivity index (χ0) is 18.3. The molecule has 2 nitrogen and oxygen atoms in total. The Morgan fingerprint density at radius 3 is 2.50 bits per heavy atom. The van der Waals surface area contributed by atoms with Crippen LogP contribution >= 0.6 is 23.2 Å². The minimum atomic E-state index is -1.11. The van der Waals surface area contributed by atoms with Crippen molar-refractivity contribution < 1.29 is 9.84 Å². The average molecular weight is 399 g/mol. The molecule has 0 aromatic heterocycles. The van der Waals surface area contributed by atoms with Crippen LogP contribution in [0.4, 0.5) is 0 Å². The summed E-state index contributed by atoms with van der Waals surface area (Å²) in [6.45, 7) is 4.88. The van der Waals surface area contributed by atoms with E-state index < -0.39 is 10.4 Å². The van der Waals surface area contributed by atoms with Gasteiger partial charge in [-0.1, -0.05) is 43.1 Å². The molecular formula is C22H32Cl2O2. The third-order valence-electron chi connectivity index (χ3n) is 8.97. The molecule has 4 heteroatoms. The molecule has 4 saturated carbocycles. The number of rotatable bonds is 2. The van der Waals surface area contributed by atoms with E-state index in [9.17, 15) is 5.11 Å². The molecule has 5 aliphatic carbocycles. The van der Waals surface area contributed by atoms with E-state index in [-0.39, 0.29) is 5.41 Å². The average Bonchev–Trinajstić information content (AvgIpc) is 3.34. The summed E-state index contributed by atoms with van der Waals surface area (Å²) in [5.74, 6) is 2.12. The Hall–Kier alpha value is 0.240. The minimum Gasteiger partial charge on any atom is -0.390 e. The molecule has 7 atom stereocenters. The maximum Gasteiger partial charge on any atom is 0.165 e. The van der Waals surface area contributed by atoms with Crippen LogP contribution in [0.1, 0.15) is 71.6 Å². The quantitative estimate of drug-likeness (QED) is 0.481. The number of fused-ring (bicyclic) bond motifs is 5. The van der Waals surface area contributed by atoms with Gasteiger partial charge in [-0.15, -0.1) is 0 Å². The van der Waals surface area contributed by atoms with Crippen LogP contribution in [0.5, 0.6) is 0 Å². The van der Waals surface area contributed by atoms with Crippen LogP contribution in [0.25, 0.3) is 0 Å². The smallest absolute Gasteiger partial charge is 0.165 e. The van der Waals surface area contributed by atoms with Crippen molar-refractivity contribution in [1.29, 1.82) is 0 Å². The molecule has 0 spiro atoms. The van der Waals surface area contributed by atoms with Crippen LogP contribution in [-0.4, -0.2) is 27.8 Å². The molecule has 146 valence electrons. The number of alkyl halides is 2. The van der Waals surface area contributed by atoms with Gasteiger partial charge in [0.15, 0.2) is 4.33 Å². The normalized spacial score (nSPS) is 52.7. The topological polar surface area (TPSA) is 29.5 Å². The number of aliphatic hydroxyl groups excluding tert-OH is 1. The maximum absolute atomic E-state index is 10.4. The molecule has 0 heterocycles. The first kappa shape index (κ1) is 18.3. The molecule has 1 N–H and O–H groups in total. The van der Waals surface area contributed by atoms with Gasteiger partial charge in [-0.05, 0) is 91.9 Å². The fourth-order valence-electron chi connectivity index (χ4n) is 7.34. The molecule has 5 aliphatic rings. The second-order valence-corrected chi connectivity index (χ2v) is 11.7. The third-order valence-corrected chi connectivity index (χ3v) is 9.88. The Bertz CT molecular complexity index is 628. The van der Waals surface area contributed by atoms with Crippen molar-refractivity contribution in [2.45, 2.75) is 94.3 Å². The molecular weight excluding hydrogens is 367 g/mol. The highest BCUT2D eigenvalue weighted by Gasteiger charge is 2.62. The number of allylic oxidation sites excluding steroid dienone is 1. The van der Waals surface area contributed by atoms with Crippen molar-refractivity contribution in [3.05, 3.63) is 11.6 Å². The number of hydrogen-bond donors (Lipinski definition) is 1. The van der Waals surface area contributed by atoms with Gasteiger partial charge in [0.25, 0.3) is 0 Å². The fourth-order valence-corrected chi connectivity index (χ4v) is 8.14. The van der Waals surface area contributed by atoms with E-state index in [0.717, 1.165) is 30.3 Å². The van der Waals surface area contributed by atoms with Crippen molar-refractivity contribution >= 4 is 23.2 Å².